The van der Waals surface area contributed by atoms with E-state index in [4.69, 9.17) is 0 Å². The standard InChI is InChI=1S/C19H15BrF2N2O2/c1-2-16(25)23-12-7-5-11(6-8-12)19(26)24-9-3-4-13-17(20)14(21)10-15(22)18(13)24/h2,5-8,10H,1,3-4,9H2,(H,23,25). The van der Waals surface area contributed by atoms with E-state index in [2.05, 4.69) is 27.8 Å². The van der Waals surface area contributed by atoms with Crippen molar-refractivity contribution in [1.29, 1.82) is 0 Å². The van der Waals surface area contributed by atoms with Crippen LogP contribution in [0.3, 0.4) is 0 Å². The maximum absolute atomic E-state index is 14.4. The van der Waals surface area contributed by atoms with Gasteiger partial charge in [0.15, 0.2) is 0 Å². The molecule has 0 fully saturated rings. The molecule has 1 aliphatic heterocycles. The second-order valence-corrected chi connectivity index (χ2v) is 6.61. The van der Waals surface area contributed by atoms with Crippen LogP contribution in [0.4, 0.5) is 20.2 Å². The Bertz CT molecular complexity index is 897. The van der Waals surface area contributed by atoms with Gasteiger partial charge < -0.3 is 10.2 Å². The third-order valence-electron chi connectivity index (χ3n) is 4.15. The summed E-state index contributed by atoms with van der Waals surface area (Å²) in [5, 5.41) is 2.59. The molecule has 0 unspecified atom stereocenters. The highest BCUT2D eigenvalue weighted by molar-refractivity contribution is 9.10. The summed E-state index contributed by atoms with van der Waals surface area (Å²) in [6.07, 6.45) is 2.23. The molecule has 134 valence electrons. The van der Waals surface area contributed by atoms with Crippen LogP contribution in [0.1, 0.15) is 22.3 Å². The van der Waals surface area contributed by atoms with Crippen molar-refractivity contribution in [2.45, 2.75) is 12.8 Å². The Hall–Kier alpha value is -2.54. The maximum atomic E-state index is 14.4. The van der Waals surface area contributed by atoms with Crippen molar-refractivity contribution in [3.8, 4) is 0 Å². The van der Waals surface area contributed by atoms with E-state index < -0.39 is 11.6 Å². The van der Waals surface area contributed by atoms with Gasteiger partial charge in [-0.25, -0.2) is 8.78 Å². The molecule has 0 atom stereocenters. The van der Waals surface area contributed by atoms with Gasteiger partial charge in [0, 0.05) is 23.9 Å². The fourth-order valence-electron chi connectivity index (χ4n) is 2.93. The minimum atomic E-state index is -0.761. The number of halogens is 3. The Morgan fingerprint density at radius 1 is 1.19 bits per heavy atom. The first kappa shape index (κ1) is 18.3. The highest BCUT2D eigenvalue weighted by atomic mass is 79.9. The summed E-state index contributed by atoms with van der Waals surface area (Å²) >= 11 is 3.14. The molecule has 3 rings (SSSR count). The molecule has 7 heteroatoms. The van der Waals surface area contributed by atoms with Crippen molar-refractivity contribution < 1.29 is 18.4 Å². The summed E-state index contributed by atoms with van der Waals surface area (Å²) in [7, 11) is 0. The Kier molecular flexibility index (Phi) is 5.18. The topological polar surface area (TPSA) is 49.4 Å². The van der Waals surface area contributed by atoms with Gasteiger partial charge in [0.1, 0.15) is 11.6 Å². The molecule has 0 bridgehead atoms. The number of benzene rings is 2. The lowest BCUT2D eigenvalue weighted by atomic mass is 10.00. The number of hydrogen-bond donors (Lipinski definition) is 1. The van der Waals surface area contributed by atoms with Crippen molar-refractivity contribution in [2.75, 3.05) is 16.8 Å². The van der Waals surface area contributed by atoms with Crippen LogP contribution in [0.5, 0.6) is 0 Å². The lowest BCUT2D eigenvalue weighted by molar-refractivity contribution is -0.111. The molecule has 0 saturated heterocycles. The Balaban J connectivity index is 1.92. The molecule has 2 amide bonds. The van der Waals surface area contributed by atoms with Gasteiger partial charge in [-0.2, -0.15) is 0 Å². The fraction of sp³-hybridized carbons (Fsp3) is 0.158. The smallest absolute Gasteiger partial charge is 0.258 e. The SMILES string of the molecule is C=CC(=O)Nc1ccc(C(=O)N2CCCc3c(Br)c(F)cc(F)c32)cc1. The number of carbonyl (C=O) groups excluding carboxylic acids is 2. The third-order valence-corrected chi connectivity index (χ3v) is 5.01. The van der Waals surface area contributed by atoms with Crippen molar-refractivity contribution >= 4 is 39.1 Å². The largest absolute Gasteiger partial charge is 0.323 e. The first-order chi connectivity index (χ1) is 12.4. The molecule has 2 aromatic rings. The Labute approximate surface area is 157 Å². The highest BCUT2D eigenvalue weighted by Crippen LogP contribution is 2.37. The summed E-state index contributed by atoms with van der Waals surface area (Å²) < 4.78 is 28.3. The fourth-order valence-corrected chi connectivity index (χ4v) is 3.43. The van der Waals surface area contributed by atoms with E-state index in [-0.39, 0.29) is 22.0 Å². The van der Waals surface area contributed by atoms with E-state index in [1.54, 1.807) is 24.3 Å². The average molecular weight is 421 g/mol. The maximum Gasteiger partial charge on any atom is 0.258 e. The zero-order valence-corrected chi connectivity index (χ0v) is 15.3. The first-order valence-electron chi connectivity index (χ1n) is 7.94. The molecule has 26 heavy (non-hydrogen) atoms. The normalized spacial score (nSPS) is 13.1. The predicted molar refractivity (Wildman–Crippen MR) is 99.3 cm³/mol. The van der Waals surface area contributed by atoms with Crippen molar-refractivity contribution in [3.63, 3.8) is 0 Å². The zero-order chi connectivity index (χ0) is 18.8. The van der Waals surface area contributed by atoms with Crippen molar-refractivity contribution in [3.05, 3.63) is 70.2 Å². The van der Waals surface area contributed by atoms with Gasteiger partial charge in [-0.15, -0.1) is 0 Å². The second-order valence-electron chi connectivity index (χ2n) is 5.81. The van der Waals surface area contributed by atoms with Gasteiger partial charge in [-0.3, -0.25) is 9.59 Å². The van der Waals surface area contributed by atoms with Crippen LogP contribution < -0.4 is 10.2 Å². The lowest BCUT2D eigenvalue weighted by Gasteiger charge is -2.30. The van der Waals surface area contributed by atoms with E-state index in [1.165, 1.54) is 4.90 Å². The summed E-state index contributed by atoms with van der Waals surface area (Å²) in [5.74, 6) is -2.19. The van der Waals surface area contributed by atoms with Crippen LogP contribution >= 0.6 is 15.9 Å². The van der Waals surface area contributed by atoms with E-state index >= 15 is 0 Å². The molecule has 1 heterocycles. The van der Waals surface area contributed by atoms with Crippen molar-refractivity contribution in [2.24, 2.45) is 0 Å². The van der Waals surface area contributed by atoms with E-state index in [9.17, 15) is 18.4 Å². The van der Waals surface area contributed by atoms with Gasteiger partial charge in [0.05, 0.1) is 10.2 Å². The van der Waals surface area contributed by atoms with Gasteiger partial charge in [0.2, 0.25) is 5.91 Å². The molecule has 0 saturated carbocycles. The van der Waals surface area contributed by atoms with Crippen LogP contribution in [-0.4, -0.2) is 18.4 Å². The number of hydrogen-bond acceptors (Lipinski definition) is 2. The Morgan fingerprint density at radius 3 is 2.54 bits per heavy atom. The van der Waals surface area contributed by atoms with E-state index in [0.717, 1.165) is 12.1 Å². The summed E-state index contributed by atoms with van der Waals surface area (Å²) in [6.45, 7) is 3.71. The van der Waals surface area contributed by atoms with Crippen LogP contribution in [0.25, 0.3) is 0 Å². The monoisotopic (exact) mass is 420 g/mol. The summed E-state index contributed by atoms with van der Waals surface area (Å²) in [4.78, 5) is 25.5. The predicted octanol–water partition coefficient (Wildman–Crippen LogP) is 4.44. The summed E-state index contributed by atoms with van der Waals surface area (Å²) in [6, 6.07) is 7.03. The number of rotatable bonds is 3. The minimum absolute atomic E-state index is 0.110. The molecule has 0 aromatic heterocycles. The van der Waals surface area contributed by atoms with Crippen molar-refractivity contribution in [1.82, 2.24) is 0 Å². The molecule has 0 aliphatic carbocycles. The number of fused-ring (bicyclic) bond motifs is 1. The summed E-state index contributed by atoms with van der Waals surface area (Å²) in [5.41, 5.74) is 1.42. The number of anilines is 2. The quantitative estimate of drug-likeness (QED) is 0.589. The molecule has 2 aromatic carbocycles. The molecule has 4 nitrogen and oxygen atoms in total. The van der Waals surface area contributed by atoms with Crippen LogP contribution in [0.2, 0.25) is 0 Å². The number of amides is 2. The molecule has 1 aliphatic rings. The van der Waals surface area contributed by atoms with Gasteiger partial charge in [-0.1, -0.05) is 6.58 Å². The lowest BCUT2D eigenvalue weighted by Crippen LogP contribution is -2.36. The van der Waals surface area contributed by atoms with E-state index in [1.807, 2.05) is 0 Å². The van der Waals surface area contributed by atoms with Crippen LogP contribution in [0.15, 0.2) is 47.5 Å². The van der Waals surface area contributed by atoms with Crippen LogP contribution in [0, 0.1) is 11.6 Å². The average Bonchev–Trinajstić information content (AvgIpc) is 2.65. The minimum Gasteiger partial charge on any atom is -0.323 e. The number of carbonyl (C=O) groups is 2. The van der Waals surface area contributed by atoms with E-state index in [0.29, 0.717) is 36.2 Å². The number of nitrogens with one attached hydrogen (secondary N) is 1. The van der Waals surface area contributed by atoms with Gasteiger partial charge >= 0.3 is 0 Å². The molecule has 0 radical (unpaired) electrons. The van der Waals surface area contributed by atoms with Crippen LogP contribution in [-0.2, 0) is 11.2 Å². The zero-order valence-electron chi connectivity index (χ0n) is 13.7. The third kappa shape index (κ3) is 3.39. The molecule has 1 N–H and O–H groups in total. The number of nitrogens with zero attached hydrogens (tertiary/aromatic N) is 1. The molecular weight excluding hydrogens is 406 g/mol. The highest BCUT2D eigenvalue weighted by Gasteiger charge is 2.29. The first-order valence-corrected chi connectivity index (χ1v) is 8.73. The Morgan fingerprint density at radius 2 is 1.88 bits per heavy atom. The van der Waals surface area contributed by atoms with Gasteiger partial charge in [0.25, 0.3) is 5.91 Å². The molecule has 0 spiro atoms. The second kappa shape index (κ2) is 7.37. The molecular formula is C19H15BrF2N2O2. The van der Waals surface area contributed by atoms with Gasteiger partial charge in [-0.05, 0) is 64.7 Å².